The van der Waals surface area contributed by atoms with Gasteiger partial charge in [-0.2, -0.15) is 0 Å². The van der Waals surface area contributed by atoms with Crippen LogP contribution in [0.3, 0.4) is 0 Å². The zero-order valence-corrected chi connectivity index (χ0v) is 10.7. The van der Waals surface area contributed by atoms with E-state index in [0.717, 1.165) is 12.1 Å². The summed E-state index contributed by atoms with van der Waals surface area (Å²) in [5.41, 5.74) is 2.70. The maximum Gasteiger partial charge on any atom is 0.227 e. The SMILES string of the molecule is CC1C(=O)NC2=CC3=CC=CC(C)C3(C)CC21. The van der Waals surface area contributed by atoms with Crippen LogP contribution >= 0.6 is 0 Å². The number of fused-ring (bicyclic) bond motifs is 2. The number of carbonyl (C=O) groups is 1. The van der Waals surface area contributed by atoms with E-state index in [1.807, 2.05) is 6.92 Å². The molecule has 1 N–H and O–H groups in total. The molecule has 2 heteroatoms. The first-order chi connectivity index (χ1) is 8.02. The highest BCUT2D eigenvalue weighted by Crippen LogP contribution is 2.52. The summed E-state index contributed by atoms with van der Waals surface area (Å²) in [5.74, 6) is 1.24. The third-order valence-corrected chi connectivity index (χ3v) is 4.98. The van der Waals surface area contributed by atoms with Crippen LogP contribution in [0.25, 0.3) is 0 Å². The summed E-state index contributed by atoms with van der Waals surface area (Å²) < 4.78 is 0. The van der Waals surface area contributed by atoms with Crippen LogP contribution in [0, 0.1) is 23.2 Å². The largest absolute Gasteiger partial charge is 0.329 e. The molecule has 1 amide bonds. The number of hydrogen-bond acceptors (Lipinski definition) is 1. The second kappa shape index (κ2) is 3.34. The predicted molar refractivity (Wildman–Crippen MR) is 68.0 cm³/mol. The predicted octanol–water partition coefficient (Wildman–Crippen LogP) is 2.79. The summed E-state index contributed by atoms with van der Waals surface area (Å²) in [7, 11) is 0. The Hall–Kier alpha value is -1.31. The summed E-state index contributed by atoms with van der Waals surface area (Å²) in [6, 6.07) is 0. The van der Waals surface area contributed by atoms with Crippen LogP contribution in [0.2, 0.25) is 0 Å². The van der Waals surface area contributed by atoms with Gasteiger partial charge in [0.1, 0.15) is 0 Å². The summed E-state index contributed by atoms with van der Waals surface area (Å²) in [5, 5.41) is 3.03. The fraction of sp³-hybridized carbons (Fsp3) is 0.533. The van der Waals surface area contributed by atoms with Crippen molar-refractivity contribution in [3.8, 4) is 0 Å². The lowest BCUT2D eigenvalue weighted by molar-refractivity contribution is -0.122. The van der Waals surface area contributed by atoms with E-state index in [4.69, 9.17) is 0 Å². The third-order valence-electron chi connectivity index (χ3n) is 4.98. The van der Waals surface area contributed by atoms with Crippen LogP contribution in [-0.4, -0.2) is 5.91 Å². The third kappa shape index (κ3) is 1.36. The highest BCUT2D eigenvalue weighted by molar-refractivity contribution is 5.84. The highest BCUT2D eigenvalue weighted by atomic mass is 16.2. The van der Waals surface area contributed by atoms with E-state index in [0.29, 0.717) is 11.8 Å². The quantitative estimate of drug-likeness (QED) is 0.680. The van der Waals surface area contributed by atoms with Gasteiger partial charge in [-0.3, -0.25) is 4.79 Å². The Morgan fingerprint density at radius 2 is 2.18 bits per heavy atom. The summed E-state index contributed by atoms with van der Waals surface area (Å²) in [6.07, 6.45) is 9.89. The van der Waals surface area contributed by atoms with Crippen LogP contribution in [0.15, 0.2) is 35.6 Å². The average molecular weight is 229 g/mol. The summed E-state index contributed by atoms with van der Waals surface area (Å²) in [4.78, 5) is 11.7. The Morgan fingerprint density at radius 3 is 2.94 bits per heavy atom. The van der Waals surface area contributed by atoms with Gasteiger partial charge in [-0.15, -0.1) is 0 Å². The molecule has 0 radical (unpaired) electrons. The first-order valence-corrected chi connectivity index (χ1v) is 6.44. The maximum atomic E-state index is 11.7. The molecule has 90 valence electrons. The van der Waals surface area contributed by atoms with Crippen LogP contribution < -0.4 is 5.32 Å². The van der Waals surface area contributed by atoms with Crippen molar-refractivity contribution >= 4 is 5.91 Å². The molecule has 2 nitrogen and oxygen atoms in total. The van der Waals surface area contributed by atoms with Crippen molar-refractivity contribution in [2.45, 2.75) is 27.2 Å². The second-order valence-corrected chi connectivity index (χ2v) is 5.90. The Bertz CT molecular complexity index is 471. The number of rotatable bonds is 0. The van der Waals surface area contributed by atoms with Gasteiger partial charge in [0.05, 0.1) is 0 Å². The Morgan fingerprint density at radius 1 is 1.41 bits per heavy atom. The first kappa shape index (κ1) is 10.8. The summed E-state index contributed by atoms with van der Waals surface area (Å²) >= 11 is 0. The molecule has 1 aliphatic heterocycles. The standard InChI is InChI=1S/C15H19NO/c1-9-5-4-6-11-7-13-12(8-15(9,11)3)10(2)14(17)16-13/h4-7,9-10,12H,8H2,1-3H3,(H,16,17). The molecule has 0 spiro atoms. The van der Waals surface area contributed by atoms with E-state index in [-0.39, 0.29) is 17.2 Å². The monoisotopic (exact) mass is 229 g/mol. The number of allylic oxidation sites excluding steroid dienone is 6. The molecule has 4 atom stereocenters. The Balaban J connectivity index is 2.06. The number of hydrogen-bond donors (Lipinski definition) is 1. The lowest BCUT2D eigenvalue weighted by Crippen LogP contribution is -2.35. The molecular weight excluding hydrogens is 210 g/mol. The van der Waals surface area contributed by atoms with Crippen molar-refractivity contribution in [3.05, 3.63) is 35.6 Å². The van der Waals surface area contributed by atoms with E-state index in [2.05, 4.69) is 43.5 Å². The molecular formula is C15H19NO. The van der Waals surface area contributed by atoms with E-state index in [1.165, 1.54) is 5.57 Å². The lowest BCUT2D eigenvalue weighted by atomic mass is 9.61. The maximum absolute atomic E-state index is 11.7. The van der Waals surface area contributed by atoms with Crippen molar-refractivity contribution < 1.29 is 4.79 Å². The van der Waals surface area contributed by atoms with Crippen LogP contribution in [0.4, 0.5) is 0 Å². The number of amides is 1. The zero-order valence-electron chi connectivity index (χ0n) is 10.7. The van der Waals surface area contributed by atoms with Crippen molar-refractivity contribution in [2.75, 3.05) is 0 Å². The number of carbonyl (C=O) groups excluding carboxylic acids is 1. The van der Waals surface area contributed by atoms with Crippen LogP contribution in [0.5, 0.6) is 0 Å². The van der Waals surface area contributed by atoms with Crippen molar-refractivity contribution in [1.29, 1.82) is 0 Å². The molecule has 1 saturated heterocycles. The topological polar surface area (TPSA) is 29.1 Å². The fourth-order valence-electron chi connectivity index (χ4n) is 3.36. The number of nitrogens with one attached hydrogen (secondary N) is 1. The average Bonchev–Trinajstić information content (AvgIpc) is 2.55. The first-order valence-electron chi connectivity index (χ1n) is 6.44. The van der Waals surface area contributed by atoms with Gasteiger partial charge in [-0.1, -0.05) is 39.0 Å². The molecule has 0 aromatic rings. The Kier molecular flexibility index (Phi) is 2.13. The van der Waals surface area contributed by atoms with E-state index in [1.54, 1.807) is 0 Å². The molecule has 4 unspecified atom stereocenters. The molecule has 0 aromatic carbocycles. The van der Waals surface area contributed by atoms with Gasteiger partial charge in [-0.05, 0) is 29.4 Å². The lowest BCUT2D eigenvalue weighted by Gasteiger charge is -2.43. The van der Waals surface area contributed by atoms with Crippen LogP contribution in [0.1, 0.15) is 27.2 Å². The van der Waals surface area contributed by atoms with Gasteiger partial charge in [-0.25, -0.2) is 0 Å². The molecule has 0 saturated carbocycles. The molecule has 1 heterocycles. The molecule has 0 bridgehead atoms. The normalized spacial score (nSPS) is 43.5. The summed E-state index contributed by atoms with van der Waals surface area (Å²) in [6.45, 7) is 6.65. The van der Waals surface area contributed by atoms with Gasteiger partial charge in [0, 0.05) is 17.5 Å². The van der Waals surface area contributed by atoms with E-state index in [9.17, 15) is 4.79 Å². The van der Waals surface area contributed by atoms with Crippen molar-refractivity contribution in [2.24, 2.45) is 23.2 Å². The van der Waals surface area contributed by atoms with Crippen LogP contribution in [-0.2, 0) is 4.79 Å². The van der Waals surface area contributed by atoms with Gasteiger partial charge >= 0.3 is 0 Å². The molecule has 0 aromatic heterocycles. The second-order valence-electron chi connectivity index (χ2n) is 5.90. The molecule has 3 aliphatic rings. The molecule has 3 rings (SSSR count). The van der Waals surface area contributed by atoms with Gasteiger partial charge in [0.25, 0.3) is 0 Å². The molecule has 2 aliphatic carbocycles. The van der Waals surface area contributed by atoms with Gasteiger partial charge in [0.2, 0.25) is 5.91 Å². The minimum Gasteiger partial charge on any atom is -0.329 e. The van der Waals surface area contributed by atoms with Crippen molar-refractivity contribution in [3.63, 3.8) is 0 Å². The molecule has 1 fully saturated rings. The van der Waals surface area contributed by atoms with E-state index < -0.39 is 0 Å². The molecule has 17 heavy (non-hydrogen) atoms. The minimum atomic E-state index is 0.123. The fourth-order valence-corrected chi connectivity index (χ4v) is 3.36. The van der Waals surface area contributed by atoms with E-state index >= 15 is 0 Å². The Labute approximate surface area is 102 Å². The smallest absolute Gasteiger partial charge is 0.227 e. The highest BCUT2D eigenvalue weighted by Gasteiger charge is 2.46. The van der Waals surface area contributed by atoms with Gasteiger partial charge in [0.15, 0.2) is 0 Å². The minimum absolute atomic E-state index is 0.123. The zero-order chi connectivity index (χ0) is 12.2. The van der Waals surface area contributed by atoms with Crippen molar-refractivity contribution in [1.82, 2.24) is 5.32 Å². The van der Waals surface area contributed by atoms with Gasteiger partial charge < -0.3 is 5.32 Å².